The van der Waals surface area contributed by atoms with Gasteiger partial charge in [0.05, 0.1) is 6.61 Å². The summed E-state index contributed by atoms with van der Waals surface area (Å²) in [7, 11) is 4.07. The van der Waals surface area contributed by atoms with E-state index >= 15 is 0 Å². The van der Waals surface area contributed by atoms with Gasteiger partial charge in [0.15, 0.2) is 0 Å². The van der Waals surface area contributed by atoms with Crippen molar-refractivity contribution in [2.75, 3.05) is 46.9 Å². The molecule has 1 aromatic heterocycles. The number of likely N-dealkylation sites (tertiary alicyclic amines) is 1. The maximum atomic E-state index is 12.8. The zero-order chi connectivity index (χ0) is 20.7. The summed E-state index contributed by atoms with van der Waals surface area (Å²) >= 11 is 0. The Hall–Kier alpha value is -2.15. The number of aromatic nitrogens is 1. The van der Waals surface area contributed by atoms with Gasteiger partial charge in [-0.2, -0.15) is 0 Å². The van der Waals surface area contributed by atoms with Crippen LogP contribution >= 0.6 is 0 Å². The Morgan fingerprint density at radius 3 is 2.61 bits per heavy atom. The molecular formula is C21H34N4O3. The van der Waals surface area contributed by atoms with Crippen molar-refractivity contribution in [2.24, 2.45) is 11.3 Å². The first-order valence-corrected chi connectivity index (χ1v) is 10.0. The van der Waals surface area contributed by atoms with Crippen LogP contribution in [0.5, 0.6) is 5.88 Å². The van der Waals surface area contributed by atoms with Crippen LogP contribution in [-0.2, 0) is 4.79 Å². The Kier molecular flexibility index (Phi) is 7.80. The van der Waals surface area contributed by atoms with E-state index in [4.69, 9.17) is 4.74 Å². The molecule has 0 saturated carbocycles. The van der Waals surface area contributed by atoms with E-state index in [1.54, 1.807) is 23.2 Å². The van der Waals surface area contributed by atoms with Gasteiger partial charge in [-0.05, 0) is 51.4 Å². The van der Waals surface area contributed by atoms with Gasteiger partial charge in [0.25, 0.3) is 5.91 Å². The molecule has 0 bridgehead atoms. The highest BCUT2D eigenvalue weighted by Crippen LogP contribution is 2.23. The van der Waals surface area contributed by atoms with Crippen LogP contribution in [0.15, 0.2) is 18.3 Å². The van der Waals surface area contributed by atoms with Crippen LogP contribution in [0.1, 0.15) is 44.0 Å². The lowest BCUT2D eigenvalue weighted by molar-refractivity contribution is -0.126. The summed E-state index contributed by atoms with van der Waals surface area (Å²) in [5, 5.41) is 3.10. The Bertz CT molecular complexity index is 667. The lowest BCUT2D eigenvalue weighted by Gasteiger charge is -2.33. The molecule has 2 amide bonds. The van der Waals surface area contributed by atoms with Gasteiger partial charge in [-0.25, -0.2) is 4.98 Å². The van der Waals surface area contributed by atoms with Gasteiger partial charge in [0, 0.05) is 38.3 Å². The maximum Gasteiger partial charge on any atom is 0.259 e. The number of amides is 2. The predicted molar refractivity (Wildman–Crippen MR) is 109 cm³/mol. The molecule has 0 aliphatic carbocycles. The fourth-order valence-electron chi connectivity index (χ4n) is 3.70. The number of hydrogen-bond acceptors (Lipinski definition) is 5. The average Bonchev–Trinajstić information content (AvgIpc) is 2.65. The molecule has 156 valence electrons. The summed E-state index contributed by atoms with van der Waals surface area (Å²) in [5.74, 6) is 0.343. The van der Waals surface area contributed by atoms with Crippen LogP contribution in [0.25, 0.3) is 0 Å². The fraction of sp³-hybridized carbons (Fsp3) is 0.667. The lowest BCUT2D eigenvalue weighted by atomic mass is 9.91. The van der Waals surface area contributed by atoms with Gasteiger partial charge in [0.2, 0.25) is 11.8 Å². The monoisotopic (exact) mass is 390 g/mol. The third-order valence-corrected chi connectivity index (χ3v) is 4.92. The Morgan fingerprint density at radius 1 is 1.32 bits per heavy atom. The van der Waals surface area contributed by atoms with Gasteiger partial charge in [-0.3, -0.25) is 9.59 Å². The Morgan fingerprint density at radius 2 is 2.00 bits per heavy atom. The minimum absolute atomic E-state index is 0.0197. The molecule has 7 heteroatoms. The highest BCUT2D eigenvalue weighted by atomic mass is 16.5. The van der Waals surface area contributed by atoms with Gasteiger partial charge in [0.1, 0.15) is 5.56 Å². The van der Waals surface area contributed by atoms with Gasteiger partial charge < -0.3 is 19.9 Å². The molecule has 1 saturated heterocycles. The predicted octanol–water partition coefficient (Wildman–Crippen LogP) is 2.04. The molecular weight excluding hydrogens is 356 g/mol. The average molecular weight is 391 g/mol. The molecule has 2 rings (SSSR count). The number of rotatable bonds is 8. The van der Waals surface area contributed by atoms with Crippen molar-refractivity contribution in [3.05, 3.63) is 23.9 Å². The summed E-state index contributed by atoms with van der Waals surface area (Å²) in [5.41, 5.74) is 0.504. The molecule has 1 aliphatic rings. The van der Waals surface area contributed by atoms with E-state index in [1.165, 1.54) is 0 Å². The molecule has 0 unspecified atom stereocenters. The molecule has 28 heavy (non-hydrogen) atoms. The highest BCUT2D eigenvalue weighted by molar-refractivity contribution is 5.96. The van der Waals surface area contributed by atoms with E-state index in [-0.39, 0.29) is 23.1 Å². The van der Waals surface area contributed by atoms with E-state index in [9.17, 15) is 9.59 Å². The van der Waals surface area contributed by atoms with E-state index in [2.05, 4.69) is 29.0 Å². The molecule has 1 aromatic rings. The number of nitrogens with one attached hydrogen (secondary N) is 1. The number of pyridine rings is 1. The van der Waals surface area contributed by atoms with E-state index < -0.39 is 0 Å². The summed E-state index contributed by atoms with van der Waals surface area (Å²) < 4.78 is 5.47. The van der Waals surface area contributed by atoms with E-state index in [0.29, 0.717) is 50.5 Å². The third-order valence-electron chi connectivity index (χ3n) is 4.92. The summed E-state index contributed by atoms with van der Waals surface area (Å²) in [6, 6.07) is 3.48. The van der Waals surface area contributed by atoms with Gasteiger partial charge >= 0.3 is 0 Å². The van der Waals surface area contributed by atoms with Crippen molar-refractivity contribution >= 4 is 11.8 Å². The first-order valence-electron chi connectivity index (χ1n) is 10.0. The minimum atomic E-state index is -0.0810. The molecule has 0 aromatic carbocycles. The molecule has 1 N–H and O–H groups in total. The number of nitrogens with zero attached hydrogens (tertiary/aromatic N) is 3. The van der Waals surface area contributed by atoms with Crippen LogP contribution in [-0.4, -0.2) is 73.5 Å². The second-order valence-electron chi connectivity index (χ2n) is 8.48. The summed E-state index contributed by atoms with van der Waals surface area (Å²) in [6.07, 6.45) is 2.97. The SMILES string of the molecule is CCOc1ncccc1C(=O)N1CCC(C(=O)NCC(C)(C)CN(C)C)CC1. The smallest absolute Gasteiger partial charge is 0.259 e. The quantitative estimate of drug-likeness (QED) is 0.735. The van der Waals surface area contributed by atoms with Crippen LogP contribution in [0.2, 0.25) is 0 Å². The summed E-state index contributed by atoms with van der Waals surface area (Å²) in [6.45, 7) is 9.33. The molecule has 0 atom stereocenters. The van der Waals surface area contributed by atoms with Crippen LogP contribution in [0.3, 0.4) is 0 Å². The normalized spacial score (nSPS) is 15.6. The standard InChI is InChI=1S/C21H34N4O3/c1-6-28-19-17(8-7-11-22-19)20(27)25-12-9-16(10-13-25)18(26)23-14-21(2,3)15-24(4)5/h7-8,11,16H,6,9-10,12-15H2,1-5H3,(H,23,26). The van der Waals surface area contributed by atoms with Crippen molar-refractivity contribution in [2.45, 2.75) is 33.6 Å². The minimum Gasteiger partial charge on any atom is -0.477 e. The second kappa shape index (κ2) is 9.87. The first-order chi connectivity index (χ1) is 13.2. The van der Waals surface area contributed by atoms with E-state index in [1.807, 2.05) is 21.0 Å². The first kappa shape index (κ1) is 22.1. The zero-order valence-electron chi connectivity index (χ0n) is 17.8. The number of carbonyl (C=O) groups is 2. The molecule has 7 nitrogen and oxygen atoms in total. The van der Waals surface area contributed by atoms with Crippen LogP contribution in [0.4, 0.5) is 0 Å². The molecule has 0 spiro atoms. The number of ether oxygens (including phenoxy) is 1. The van der Waals surface area contributed by atoms with Crippen molar-refractivity contribution in [3.63, 3.8) is 0 Å². The molecule has 0 radical (unpaired) electrons. The summed E-state index contributed by atoms with van der Waals surface area (Å²) in [4.78, 5) is 33.5. The molecule has 2 heterocycles. The Balaban J connectivity index is 1.87. The molecule has 1 fully saturated rings. The van der Waals surface area contributed by atoms with Crippen molar-refractivity contribution in [3.8, 4) is 5.88 Å². The van der Waals surface area contributed by atoms with Crippen LogP contribution < -0.4 is 10.1 Å². The maximum absolute atomic E-state index is 12.8. The fourth-order valence-corrected chi connectivity index (χ4v) is 3.70. The number of hydrogen-bond donors (Lipinski definition) is 1. The van der Waals surface area contributed by atoms with Crippen molar-refractivity contribution < 1.29 is 14.3 Å². The van der Waals surface area contributed by atoms with E-state index in [0.717, 1.165) is 6.54 Å². The third kappa shape index (κ3) is 6.19. The zero-order valence-corrected chi connectivity index (χ0v) is 17.8. The Labute approximate surface area is 168 Å². The van der Waals surface area contributed by atoms with Gasteiger partial charge in [-0.1, -0.05) is 13.8 Å². The topological polar surface area (TPSA) is 74.8 Å². The number of piperidine rings is 1. The largest absolute Gasteiger partial charge is 0.477 e. The highest BCUT2D eigenvalue weighted by Gasteiger charge is 2.30. The van der Waals surface area contributed by atoms with Crippen LogP contribution in [0, 0.1) is 11.3 Å². The van der Waals surface area contributed by atoms with Crippen molar-refractivity contribution in [1.82, 2.24) is 20.1 Å². The second-order valence-corrected chi connectivity index (χ2v) is 8.48. The van der Waals surface area contributed by atoms with Gasteiger partial charge in [-0.15, -0.1) is 0 Å². The molecule has 1 aliphatic heterocycles. The lowest BCUT2D eigenvalue weighted by Crippen LogP contribution is -2.46. The number of carbonyl (C=O) groups excluding carboxylic acids is 2. The van der Waals surface area contributed by atoms with Crippen molar-refractivity contribution in [1.29, 1.82) is 0 Å².